The van der Waals surface area contributed by atoms with E-state index in [-0.39, 0.29) is 11.9 Å². The maximum absolute atomic E-state index is 12.2. The van der Waals surface area contributed by atoms with Crippen molar-refractivity contribution in [3.05, 3.63) is 35.9 Å². The fourth-order valence-electron chi connectivity index (χ4n) is 3.14. The number of hydrogen-bond donors (Lipinski definition) is 1. The number of benzene rings is 1. The Bertz CT molecular complexity index is 472. The highest BCUT2D eigenvalue weighted by molar-refractivity contribution is 5.81. The Morgan fingerprint density at radius 2 is 2.00 bits per heavy atom. The van der Waals surface area contributed by atoms with Crippen LogP contribution in [0, 0.1) is 5.92 Å². The van der Waals surface area contributed by atoms with Crippen LogP contribution >= 0.6 is 0 Å². The molecular formula is C18H29N3O. The fraction of sp³-hybridized carbons (Fsp3) is 0.611. The van der Waals surface area contributed by atoms with Crippen LogP contribution in [-0.4, -0.2) is 47.4 Å². The Kier molecular flexibility index (Phi) is 5.98. The third-order valence-corrected chi connectivity index (χ3v) is 4.37. The summed E-state index contributed by atoms with van der Waals surface area (Å²) < 4.78 is 0. The van der Waals surface area contributed by atoms with Crippen molar-refractivity contribution in [1.82, 2.24) is 9.80 Å². The standard InChI is InChI=1S/C18H29N3O/c1-14(2)21(18(22)15(3)19)13-17-9-10-20(12-17)11-16-7-5-4-6-8-16/h4-8,14-15,17H,9-13,19H2,1-3H3/t15-,17+/m0/s1. The van der Waals surface area contributed by atoms with Gasteiger partial charge in [-0.1, -0.05) is 30.3 Å². The summed E-state index contributed by atoms with van der Waals surface area (Å²) in [7, 11) is 0. The van der Waals surface area contributed by atoms with Gasteiger partial charge in [-0.2, -0.15) is 0 Å². The lowest BCUT2D eigenvalue weighted by Gasteiger charge is -2.31. The Hall–Kier alpha value is -1.39. The van der Waals surface area contributed by atoms with Crippen molar-refractivity contribution in [2.45, 2.75) is 45.8 Å². The lowest BCUT2D eigenvalue weighted by Crippen LogP contribution is -2.47. The normalized spacial score (nSPS) is 20.3. The van der Waals surface area contributed by atoms with Crippen LogP contribution in [0.3, 0.4) is 0 Å². The third kappa shape index (κ3) is 4.55. The molecule has 0 spiro atoms. The second kappa shape index (κ2) is 7.75. The summed E-state index contributed by atoms with van der Waals surface area (Å²) >= 11 is 0. The lowest BCUT2D eigenvalue weighted by atomic mass is 10.1. The molecule has 2 rings (SSSR count). The molecule has 1 aliphatic heterocycles. The first-order valence-corrected chi connectivity index (χ1v) is 8.29. The minimum Gasteiger partial charge on any atom is -0.339 e. The molecule has 22 heavy (non-hydrogen) atoms. The van der Waals surface area contributed by atoms with Gasteiger partial charge in [0.05, 0.1) is 6.04 Å². The van der Waals surface area contributed by atoms with Crippen LogP contribution in [-0.2, 0) is 11.3 Å². The number of hydrogen-bond acceptors (Lipinski definition) is 3. The minimum absolute atomic E-state index is 0.0662. The molecule has 0 saturated carbocycles. The first kappa shape index (κ1) is 17.0. The second-order valence-electron chi connectivity index (χ2n) is 6.75. The van der Waals surface area contributed by atoms with E-state index >= 15 is 0 Å². The molecule has 1 saturated heterocycles. The van der Waals surface area contributed by atoms with Gasteiger partial charge >= 0.3 is 0 Å². The molecule has 1 fully saturated rings. The Morgan fingerprint density at radius 1 is 1.32 bits per heavy atom. The SMILES string of the molecule is CC(C)N(C[C@@H]1CCN(Cc2ccccc2)C1)C(=O)[C@H](C)N. The van der Waals surface area contributed by atoms with Crippen molar-refractivity contribution in [3.63, 3.8) is 0 Å². The highest BCUT2D eigenvalue weighted by atomic mass is 16.2. The van der Waals surface area contributed by atoms with Gasteiger partial charge in [-0.3, -0.25) is 9.69 Å². The molecule has 4 heteroatoms. The van der Waals surface area contributed by atoms with E-state index in [1.807, 2.05) is 4.90 Å². The zero-order valence-electron chi connectivity index (χ0n) is 14.0. The molecule has 1 heterocycles. The molecule has 0 unspecified atom stereocenters. The molecule has 0 bridgehead atoms. The van der Waals surface area contributed by atoms with E-state index in [4.69, 9.17) is 5.73 Å². The van der Waals surface area contributed by atoms with Gasteiger partial charge < -0.3 is 10.6 Å². The highest BCUT2D eigenvalue weighted by Gasteiger charge is 2.28. The summed E-state index contributed by atoms with van der Waals surface area (Å²) in [5, 5.41) is 0. The highest BCUT2D eigenvalue weighted by Crippen LogP contribution is 2.21. The van der Waals surface area contributed by atoms with E-state index in [0.717, 1.165) is 32.6 Å². The van der Waals surface area contributed by atoms with Crippen LogP contribution in [0.2, 0.25) is 0 Å². The summed E-state index contributed by atoms with van der Waals surface area (Å²) in [6, 6.07) is 10.4. The second-order valence-corrected chi connectivity index (χ2v) is 6.75. The molecule has 0 radical (unpaired) electrons. The smallest absolute Gasteiger partial charge is 0.239 e. The Labute approximate surface area is 134 Å². The van der Waals surface area contributed by atoms with Gasteiger partial charge in [-0.05, 0) is 45.2 Å². The minimum atomic E-state index is -0.413. The molecule has 2 atom stereocenters. The van der Waals surface area contributed by atoms with E-state index in [0.29, 0.717) is 5.92 Å². The number of likely N-dealkylation sites (tertiary alicyclic amines) is 1. The van der Waals surface area contributed by atoms with Crippen molar-refractivity contribution in [2.24, 2.45) is 11.7 Å². The van der Waals surface area contributed by atoms with E-state index in [9.17, 15) is 4.79 Å². The van der Waals surface area contributed by atoms with E-state index in [2.05, 4.69) is 49.1 Å². The summed E-state index contributed by atoms with van der Waals surface area (Å²) in [5.41, 5.74) is 7.13. The maximum Gasteiger partial charge on any atom is 0.239 e. The fourth-order valence-corrected chi connectivity index (χ4v) is 3.14. The van der Waals surface area contributed by atoms with Gasteiger partial charge in [0, 0.05) is 25.7 Å². The molecule has 1 aliphatic rings. The summed E-state index contributed by atoms with van der Waals surface area (Å²) in [4.78, 5) is 16.7. The molecule has 122 valence electrons. The van der Waals surface area contributed by atoms with Crippen molar-refractivity contribution in [1.29, 1.82) is 0 Å². The quantitative estimate of drug-likeness (QED) is 0.875. The van der Waals surface area contributed by atoms with E-state index in [1.165, 1.54) is 5.56 Å². The number of amides is 1. The molecule has 0 aliphatic carbocycles. The van der Waals surface area contributed by atoms with Crippen LogP contribution in [0.15, 0.2) is 30.3 Å². The first-order valence-electron chi connectivity index (χ1n) is 8.29. The zero-order chi connectivity index (χ0) is 16.1. The van der Waals surface area contributed by atoms with Crippen molar-refractivity contribution >= 4 is 5.91 Å². The maximum atomic E-state index is 12.2. The lowest BCUT2D eigenvalue weighted by molar-refractivity contribution is -0.134. The van der Waals surface area contributed by atoms with Crippen molar-refractivity contribution < 1.29 is 4.79 Å². The molecule has 1 amide bonds. The Balaban J connectivity index is 1.88. The number of nitrogens with two attached hydrogens (primary N) is 1. The molecule has 0 aromatic heterocycles. The largest absolute Gasteiger partial charge is 0.339 e. The van der Waals surface area contributed by atoms with Gasteiger partial charge in [0.1, 0.15) is 0 Å². The predicted molar refractivity (Wildman–Crippen MR) is 90.3 cm³/mol. The molecular weight excluding hydrogens is 274 g/mol. The van der Waals surface area contributed by atoms with Gasteiger partial charge in [-0.25, -0.2) is 0 Å². The van der Waals surface area contributed by atoms with E-state index in [1.54, 1.807) is 6.92 Å². The van der Waals surface area contributed by atoms with Crippen molar-refractivity contribution in [3.8, 4) is 0 Å². The number of carbonyl (C=O) groups excluding carboxylic acids is 1. The van der Waals surface area contributed by atoms with Gasteiger partial charge in [0.15, 0.2) is 0 Å². The van der Waals surface area contributed by atoms with Crippen LogP contribution in [0.5, 0.6) is 0 Å². The van der Waals surface area contributed by atoms with Crippen LogP contribution in [0.25, 0.3) is 0 Å². The van der Waals surface area contributed by atoms with Crippen LogP contribution in [0.1, 0.15) is 32.8 Å². The average Bonchev–Trinajstić information content (AvgIpc) is 2.92. The van der Waals surface area contributed by atoms with Gasteiger partial charge in [0.2, 0.25) is 5.91 Å². The third-order valence-electron chi connectivity index (χ3n) is 4.37. The number of nitrogens with zero attached hydrogens (tertiary/aromatic N) is 2. The van der Waals surface area contributed by atoms with E-state index < -0.39 is 6.04 Å². The first-order chi connectivity index (χ1) is 10.5. The van der Waals surface area contributed by atoms with Gasteiger partial charge in [0.25, 0.3) is 0 Å². The number of carbonyl (C=O) groups is 1. The predicted octanol–water partition coefficient (Wildman–Crippen LogP) is 2.09. The van der Waals surface area contributed by atoms with Gasteiger partial charge in [-0.15, -0.1) is 0 Å². The zero-order valence-corrected chi connectivity index (χ0v) is 14.0. The molecule has 4 nitrogen and oxygen atoms in total. The van der Waals surface area contributed by atoms with Crippen molar-refractivity contribution in [2.75, 3.05) is 19.6 Å². The topological polar surface area (TPSA) is 49.6 Å². The molecule has 1 aromatic rings. The molecule has 1 aromatic carbocycles. The van der Waals surface area contributed by atoms with Crippen LogP contribution in [0.4, 0.5) is 0 Å². The molecule has 2 N–H and O–H groups in total. The summed E-state index contributed by atoms with van der Waals surface area (Å²) in [6.45, 7) is 9.90. The summed E-state index contributed by atoms with van der Waals surface area (Å²) in [5.74, 6) is 0.616. The monoisotopic (exact) mass is 303 g/mol. The summed E-state index contributed by atoms with van der Waals surface area (Å²) in [6.07, 6.45) is 1.16. The average molecular weight is 303 g/mol. The number of rotatable bonds is 6. The Morgan fingerprint density at radius 3 is 2.59 bits per heavy atom. The van der Waals surface area contributed by atoms with Crippen LogP contribution < -0.4 is 5.73 Å².